The van der Waals surface area contributed by atoms with Crippen molar-refractivity contribution in [1.29, 1.82) is 0 Å². The summed E-state index contributed by atoms with van der Waals surface area (Å²) in [6.45, 7) is 7.22. The number of halogens is 6. The first-order valence-corrected chi connectivity index (χ1v) is 18.6. The molecule has 5 rings (SSSR count). The van der Waals surface area contributed by atoms with Crippen LogP contribution in [0.5, 0.6) is 0 Å². The minimum Gasteiger partial charge on any atom is -0.361 e. The van der Waals surface area contributed by atoms with Gasteiger partial charge in [-0.3, -0.25) is 0 Å². The van der Waals surface area contributed by atoms with Gasteiger partial charge in [-0.25, -0.2) is 19.2 Å². The number of nitrogens with zero attached hydrogens (tertiary/aromatic N) is 5. The summed E-state index contributed by atoms with van der Waals surface area (Å²) in [5.74, 6) is -0.107. The van der Waals surface area contributed by atoms with Gasteiger partial charge in [-0.2, -0.15) is 26.3 Å². The molecule has 3 heterocycles. The fourth-order valence-corrected chi connectivity index (χ4v) is 6.55. The average Bonchev–Trinajstić information content (AvgIpc) is 3.54. The predicted molar refractivity (Wildman–Crippen MR) is 160 cm³/mol. The van der Waals surface area contributed by atoms with Crippen molar-refractivity contribution in [2.24, 2.45) is 7.05 Å². The number of aryl methyl sites for hydroxylation is 1. The Bertz CT molecular complexity index is 1860. The SMILES string of the molecule is Cn1cc(C(F)(F)F)nc1-c1ccc(S(=O)c2cn(COCC[Si](C)(C)C)c3cnc(-c4ccccc4C(F)(F)F)nc23)cc1. The van der Waals surface area contributed by atoms with Gasteiger partial charge in [0.05, 0.1) is 33.0 Å². The molecular weight excluding hydrogens is 637 g/mol. The van der Waals surface area contributed by atoms with Crippen molar-refractivity contribution >= 4 is 29.9 Å². The molecule has 0 aliphatic carbocycles. The molecule has 0 aliphatic heterocycles. The van der Waals surface area contributed by atoms with Crippen LogP contribution in [0.25, 0.3) is 33.8 Å². The van der Waals surface area contributed by atoms with Crippen molar-refractivity contribution in [3.63, 3.8) is 0 Å². The molecule has 5 aromatic rings. The zero-order valence-corrected chi connectivity index (χ0v) is 26.5. The van der Waals surface area contributed by atoms with Crippen LogP contribution in [-0.2, 0) is 41.7 Å². The molecule has 15 heteroatoms. The number of hydrogen-bond donors (Lipinski definition) is 0. The lowest BCUT2D eigenvalue weighted by atomic mass is 10.1. The first-order chi connectivity index (χ1) is 21.0. The van der Waals surface area contributed by atoms with E-state index in [0.29, 0.717) is 22.6 Å². The van der Waals surface area contributed by atoms with E-state index in [1.165, 1.54) is 60.3 Å². The fourth-order valence-electron chi connectivity index (χ4n) is 4.60. The highest BCUT2D eigenvalue weighted by molar-refractivity contribution is 7.85. The lowest BCUT2D eigenvalue weighted by Crippen LogP contribution is -2.22. The maximum Gasteiger partial charge on any atom is 0.434 e. The van der Waals surface area contributed by atoms with Gasteiger partial charge in [-0.1, -0.05) is 50.0 Å². The molecule has 0 bridgehead atoms. The van der Waals surface area contributed by atoms with Crippen molar-refractivity contribution in [2.75, 3.05) is 6.61 Å². The Morgan fingerprint density at radius 3 is 2.22 bits per heavy atom. The van der Waals surface area contributed by atoms with Crippen LogP contribution in [0.4, 0.5) is 26.3 Å². The van der Waals surface area contributed by atoms with Gasteiger partial charge in [-0.15, -0.1) is 0 Å². The highest BCUT2D eigenvalue weighted by atomic mass is 32.2. The van der Waals surface area contributed by atoms with Gasteiger partial charge in [0, 0.05) is 50.1 Å². The van der Waals surface area contributed by atoms with E-state index in [1.54, 1.807) is 10.8 Å². The van der Waals surface area contributed by atoms with E-state index in [4.69, 9.17) is 4.74 Å². The van der Waals surface area contributed by atoms with Gasteiger partial charge in [0.25, 0.3) is 0 Å². The Morgan fingerprint density at radius 1 is 0.911 bits per heavy atom. The molecule has 2 aromatic carbocycles. The molecule has 3 aromatic heterocycles. The second-order valence-electron chi connectivity index (χ2n) is 11.6. The fraction of sp³-hybridized carbons (Fsp3) is 0.300. The zero-order valence-electron chi connectivity index (χ0n) is 24.7. The Morgan fingerprint density at radius 2 is 1.60 bits per heavy atom. The van der Waals surface area contributed by atoms with Gasteiger partial charge in [-0.05, 0) is 24.2 Å². The van der Waals surface area contributed by atoms with Gasteiger partial charge in [0.15, 0.2) is 11.5 Å². The maximum absolute atomic E-state index is 13.9. The van der Waals surface area contributed by atoms with Crippen molar-refractivity contribution < 1.29 is 35.3 Å². The number of alkyl halides is 6. The van der Waals surface area contributed by atoms with E-state index in [2.05, 4.69) is 34.6 Å². The summed E-state index contributed by atoms with van der Waals surface area (Å²) in [7, 11) is -1.81. The van der Waals surface area contributed by atoms with Crippen molar-refractivity contribution in [1.82, 2.24) is 24.1 Å². The summed E-state index contributed by atoms with van der Waals surface area (Å²) in [6, 6.07) is 11.9. The highest BCUT2D eigenvalue weighted by Crippen LogP contribution is 2.37. The van der Waals surface area contributed by atoms with Crippen LogP contribution in [0.2, 0.25) is 25.7 Å². The molecule has 0 aliphatic rings. The molecule has 0 N–H and O–H groups in total. The smallest absolute Gasteiger partial charge is 0.361 e. The van der Waals surface area contributed by atoms with E-state index in [1.807, 2.05) is 0 Å². The molecule has 1 atom stereocenters. The maximum atomic E-state index is 13.9. The molecule has 45 heavy (non-hydrogen) atoms. The van der Waals surface area contributed by atoms with Crippen molar-refractivity contribution in [3.8, 4) is 22.8 Å². The summed E-state index contributed by atoms with van der Waals surface area (Å²) in [5.41, 5.74) is -1.17. The summed E-state index contributed by atoms with van der Waals surface area (Å²) in [4.78, 5) is 12.9. The second-order valence-corrected chi connectivity index (χ2v) is 18.7. The first-order valence-electron chi connectivity index (χ1n) is 13.8. The summed E-state index contributed by atoms with van der Waals surface area (Å²) in [5, 5.41) is 0. The van der Waals surface area contributed by atoms with Crippen LogP contribution < -0.4 is 0 Å². The van der Waals surface area contributed by atoms with Crippen LogP contribution in [0.1, 0.15) is 11.3 Å². The predicted octanol–water partition coefficient (Wildman–Crippen LogP) is 8.02. The third kappa shape index (κ3) is 7.20. The van der Waals surface area contributed by atoms with E-state index >= 15 is 0 Å². The molecular formula is C30H29F6N5O2SSi. The number of aromatic nitrogens is 5. The lowest BCUT2D eigenvalue weighted by molar-refractivity contribution is -0.141. The van der Waals surface area contributed by atoms with Gasteiger partial charge < -0.3 is 13.9 Å². The largest absolute Gasteiger partial charge is 0.434 e. The minimum absolute atomic E-state index is 0.0763. The Balaban J connectivity index is 1.54. The summed E-state index contributed by atoms with van der Waals surface area (Å²) >= 11 is 0. The van der Waals surface area contributed by atoms with Crippen molar-refractivity contribution in [2.45, 2.75) is 54.6 Å². The van der Waals surface area contributed by atoms with Crippen LogP contribution in [0.15, 0.2) is 76.9 Å². The molecule has 0 saturated carbocycles. The lowest BCUT2D eigenvalue weighted by Gasteiger charge is -2.15. The van der Waals surface area contributed by atoms with Gasteiger partial charge >= 0.3 is 12.4 Å². The number of benzene rings is 2. The minimum atomic E-state index is -4.65. The number of imidazole rings is 1. The zero-order chi connectivity index (χ0) is 32.7. The molecule has 238 valence electrons. The normalized spacial score (nSPS) is 13.5. The Kier molecular flexibility index (Phi) is 8.81. The molecule has 0 radical (unpaired) electrons. The molecule has 0 fully saturated rings. The van der Waals surface area contributed by atoms with Crippen LogP contribution in [0, 0.1) is 0 Å². The van der Waals surface area contributed by atoms with E-state index in [9.17, 15) is 30.6 Å². The van der Waals surface area contributed by atoms with Crippen molar-refractivity contribution in [3.05, 3.63) is 78.4 Å². The second kappa shape index (κ2) is 12.2. The Hall–Kier alpha value is -3.82. The topological polar surface area (TPSA) is 74.8 Å². The van der Waals surface area contributed by atoms with Gasteiger partial charge in [0.2, 0.25) is 0 Å². The van der Waals surface area contributed by atoms with E-state index in [0.717, 1.165) is 18.3 Å². The third-order valence-corrected chi connectivity index (χ3v) is 10.1. The van der Waals surface area contributed by atoms with E-state index in [-0.39, 0.29) is 34.4 Å². The third-order valence-electron chi connectivity index (χ3n) is 6.98. The molecule has 0 saturated heterocycles. The van der Waals surface area contributed by atoms with Crippen LogP contribution in [-0.4, -0.2) is 43.0 Å². The Labute approximate surface area is 258 Å². The average molecular weight is 666 g/mol. The van der Waals surface area contributed by atoms with Crippen LogP contribution >= 0.6 is 0 Å². The molecule has 0 amide bonds. The number of rotatable bonds is 9. The van der Waals surface area contributed by atoms with E-state index < -0.39 is 42.5 Å². The standard InChI is InChI=1S/C30H29F6N5O2SSi/c1-40-17-25(30(34,35)36)38-28(40)19-9-11-20(12-10-19)44(42)24-16-41(18-43-13-14-45(2,3)4)23-15-37-27(39-26(23)24)21-7-5-6-8-22(21)29(31,32)33/h5-12,15-17H,13-14,18H2,1-4H3. The molecule has 1 unspecified atom stereocenters. The number of fused-ring (bicyclic) bond motifs is 1. The van der Waals surface area contributed by atoms with Gasteiger partial charge in [0.1, 0.15) is 18.1 Å². The number of hydrogen-bond acceptors (Lipinski definition) is 5. The summed E-state index contributed by atoms with van der Waals surface area (Å²) < 4.78 is 104. The monoisotopic (exact) mass is 665 g/mol. The highest BCUT2D eigenvalue weighted by Gasteiger charge is 2.35. The quantitative estimate of drug-likeness (QED) is 0.0906. The van der Waals surface area contributed by atoms with Crippen LogP contribution in [0.3, 0.4) is 0 Å². The molecule has 7 nitrogen and oxygen atoms in total. The number of ether oxygens (including phenoxy) is 1. The summed E-state index contributed by atoms with van der Waals surface area (Å²) in [6.07, 6.45) is -5.41. The molecule has 0 spiro atoms. The first kappa shape index (κ1) is 32.6.